The molecule has 0 aliphatic rings. The molecular formula is C19H34O. The first-order valence-corrected chi connectivity index (χ1v) is 8.66. The van der Waals surface area contributed by atoms with E-state index in [0.717, 1.165) is 6.42 Å². The zero-order valence-corrected chi connectivity index (χ0v) is 13.5. The first-order valence-electron chi connectivity index (χ1n) is 8.66. The zero-order chi connectivity index (χ0) is 14.7. The van der Waals surface area contributed by atoms with Gasteiger partial charge < -0.3 is 5.11 Å². The van der Waals surface area contributed by atoms with E-state index < -0.39 is 0 Å². The van der Waals surface area contributed by atoms with Crippen molar-refractivity contribution in [2.75, 3.05) is 6.61 Å². The SMILES string of the molecule is CCCCCCCCCCCCCCC#C/C=C/CO. The molecule has 0 spiro atoms. The smallest absolute Gasteiger partial charge is 0.0621 e. The van der Waals surface area contributed by atoms with E-state index in [4.69, 9.17) is 5.11 Å². The molecule has 0 rings (SSSR count). The van der Waals surface area contributed by atoms with E-state index in [-0.39, 0.29) is 6.61 Å². The molecule has 0 atom stereocenters. The summed E-state index contributed by atoms with van der Waals surface area (Å²) in [7, 11) is 0. The van der Waals surface area contributed by atoms with E-state index in [9.17, 15) is 0 Å². The molecule has 0 aromatic heterocycles. The van der Waals surface area contributed by atoms with Crippen molar-refractivity contribution in [2.24, 2.45) is 0 Å². The summed E-state index contributed by atoms with van der Waals surface area (Å²) in [4.78, 5) is 0. The lowest BCUT2D eigenvalue weighted by Crippen LogP contribution is -1.82. The van der Waals surface area contributed by atoms with Gasteiger partial charge in [-0.2, -0.15) is 0 Å². The molecule has 0 aliphatic carbocycles. The van der Waals surface area contributed by atoms with Gasteiger partial charge in [-0.05, 0) is 12.5 Å². The van der Waals surface area contributed by atoms with E-state index in [1.165, 1.54) is 77.0 Å². The average Bonchev–Trinajstić information content (AvgIpc) is 2.47. The Morgan fingerprint density at radius 1 is 0.750 bits per heavy atom. The van der Waals surface area contributed by atoms with Crippen molar-refractivity contribution in [3.63, 3.8) is 0 Å². The molecule has 0 amide bonds. The van der Waals surface area contributed by atoms with E-state index in [2.05, 4.69) is 18.8 Å². The predicted octanol–water partition coefficient (Wildman–Crippen LogP) is 5.63. The largest absolute Gasteiger partial charge is 0.392 e. The molecule has 0 bridgehead atoms. The lowest BCUT2D eigenvalue weighted by molar-refractivity contribution is 0.343. The predicted molar refractivity (Wildman–Crippen MR) is 89.7 cm³/mol. The molecule has 0 saturated carbocycles. The van der Waals surface area contributed by atoms with E-state index in [1.54, 1.807) is 12.2 Å². The minimum Gasteiger partial charge on any atom is -0.392 e. The van der Waals surface area contributed by atoms with Crippen molar-refractivity contribution in [2.45, 2.75) is 90.4 Å². The highest BCUT2D eigenvalue weighted by atomic mass is 16.2. The summed E-state index contributed by atoms with van der Waals surface area (Å²) in [6.07, 6.45) is 21.1. The van der Waals surface area contributed by atoms with Crippen LogP contribution in [-0.4, -0.2) is 11.7 Å². The monoisotopic (exact) mass is 278 g/mol. The molecule has 0 saturated heterocycles. The molecule has 0 heterocycles. The Labute approximate surface area is 126 Å². The molecule has 0 radical (unpaired) electrons. The summed E-state index contributed by atoms with van der Waals surface area (Å²) in [5, 5.41) is 8.53. The maximum atomic E-state index is 8.53. The molecule has 0 unspecified atom stereocenters. The molecule has 116 valence electrons. The fourth-order valence-electron chi connectivity index (χ4n) is 2.30. The number of hydrogen-bond acceptors (Lipinski definition) is 1. The van der Waals surface area contributed by atoms with Crippen LogP contribution in [0.15, 0.2) is 12.2 Å². The van der Waals surface area contributed by atoms with E-state index in [0.29, 0.717) is 0 Å². The van der Waals surface area contributed by atoms with Gasteiger partial charge in [0.15, 0.2) is 0 Å². The van der Waals surface area contributed by atoms with Gasteiger partial charge in [0, 0.05) is 6.42 Å². The van der Waals surface area contributed by atoms with Crippen molar-refractivity contribution in [1.82, 2.24) is 0 Å². The quantitative estimate of drug-likeness (QED) is 0.342. The first kappa shape index (κ1) is 19.3. The van der Waals surface area contributed by atoms with Crippen LogP contribution in [0.5, 0.6) is 0 Å². The van der Waals surface area contributed by atoms with Crippen LogP contribution in [0.25, 0.3) is 0 Å². The summed E-state index contributed by atoms with van der Waals surface area (Å²) in [6.45, 7) is 2.37. The molecule has 0 aliphatic heterocycles. The molecule has 0 fully saturated rings. The third-order valence-corrected chi connectivity index (χ3v) is 3.56. The molecule has 1 nitrogen and oxygen atoms in total. The lowest BCUT2D eigenvalue weighted by atomic mass is 10.0. The van der Waals surface area contributed by atoms with Gasteiger partial charge in [-0.3, -0.25) is 0 Å². The van der Waals surface area contributed by atoms with Gasteiger partial charge in [-0.1, -0.05) is 95.5 Å². The molecular weight excluding hydrogens is 244 g/mol. The topological polar surface area (TPSA) is 20.2 Å². The highest BCUT2D eigenvalue weighted by molar-refractivity contribution is 5.14. The number of aliphatic hydroxyl groups is 1. The Kier molecular flexibility index (Phi) is 17.6. The van der Waals surface area contributed by atoms with Crippen LogP contribution < -0.4 is 0 Å². The minimum absolute atomic E-state index is 0.0906. The lowest BCUT2D eigenvalue weighted by Gasteiger charge is -2.01. The van der Waals surface area contributed by atoms with E-state index >= 15 is 0 Å². The molecule has 0 aromatic rings. The van der Waals surface area contributed by atoms with Crippen molar-refractivity contribution in [3.05, 3.63) is 12.2 Å². The fourth-order valence-corrected chi connectivity index (χ4v) is 2.30. The Morgan fingerprint density at radius 2 is 1.25 bits per heavy atom. The van der Waals surface area contributed by atoms with Crippen LogP contribution in [0.1, 0.15) is 90.4 Å². The second-order valence-electron chi connectivity index (χ2n) is 5.55. The van der Waals surface area contributed by atoms with Crippen LogP contribution in [0, 0.1) is 11.8 Å². The van der Waals surface area contributed by atoms with Crippen molar-refractivity contribution >= 4 is 0 Å². The standard InChI is InChI=1S/C19H34O/c1-2-3-4-5-6-7-8-9-10-11-12-13-14-15-16-17-18-19-20/h17-18,20H,2-14,19H2,1H3/b18-17+. The maximum Gasteiger partial charge on any atom is 0.0621 e. The summed E-state index contributed by atoms with van der Waals surface area (Å²) in [5.41, 5.74) is 0. The van der Waals surface area contributed by atoms with Gasteiger partial charge in [-0.25, -0.2) is 0 Å². The zero-order valence-electron chi connectivity index (χ0n) is 13.5. The highest BCUT2D eigenvalue weighted by Crippen LogP contribution is 2.12. The van der Waals surface area contributed by atoms with Crippen LogP contribution in [0.3, 0.4) is 0 Å². The number of unbranched alkanes of at least 4 members (excludes halogenated alkanes) is 12. The van der Waals surface area contributed by atoms with Gasteiger partial charge >= 0.3 is 0 Å². The Balaban J connectivity index is 3.05. The second-order valence-corrected chi connectivity index (χ2v) is 5.55. The highest BCUT2D eigenvalue weighted by Gasteiger charge is 1.92. The first-order chi connectivity index (χ1) is 9.91. The summed E-state index contributed by atoms with van der Waals surface area (Å²) in [5.74, 6) is 6.04. The molecule has 0 aromatic carbocycles. The van der Waals surface area contributed by atoms with Crippen molar-refractivity contribution in [1.29, 1.82) is 0 Å². The van der Waals surface area contributed by atoms with Gasteiger partial charge in [0.1, 0.15) is 0 Å². The third kappa shape index (κ3) is 17.3. The van der Waals surface area contributed by atoms with Gasteiger partial charge in [0.25, 0.3) is 0 Å². The normalized spacial score (nSPS) is 10.7. The Morgan fingerprint density at radius 3 is 1.75 bits per heavy atom. The fraction of sp³-hybridized carbons (Fsp3) is 0.789. The van der Waals surface area contributed by atoms with Gasteiger partial charge in [0.2, 0.25) is 0 Å². The van der Waals surface area contributed by atoms with Crippen LogP contribution in [0.2, 0.25) is 0 Å². The van der Waals surface area contributed by atoms with Crippen molar-refractivity contribution < 1.29 is 5.11 Å². The van der Waals surface area contributed by atoms with E-state index in [1.807, 2.05) is 0 Å². The molecule has 1 heteroatoms. The number of aliphatic hydroxyl groups excluding tert-OH is 1. The Bertz CT molecular complexity index is 257. The summed E-state index contributed by atoms with van der Waals surface area (Å²) < 4.78 is 0. The molecule has 20 heavy (non-hydrogen) atoms. The second kappa shape index (κ2) is 18.3. The van der Waals surface area contributed by atoms with Gasteiger partial charge in [0.05, 0.1) is 6.61 Å². The van der Waals surface area contributed by atoms with Crippen LogP contribution in [-0.2, 0) is 0 Å². The third-order valence-electron chi connectivity index (χ3n) is 3.56. The van der Waals surface area contributed by atoms with Crippen molar-refractivity contribution in [3.8, 4) is 11.8 Å². The van der Waals surface area contributed by atoms with Crippen LogP contribution >= 0.6 is 0 Å². The number of rotatable bonds is 13. The summed E-state index contributed by atoms with van der Waals surface area (Å²) >= 11 is 0. The maximum absolute atomic E-state index is 8.53. The van der Waals surface area contributed by atoms with Crippen LogP contribution in [0.4, 0.5) is 0 Å². The number of allylic oxidation sites excluding steroid dienone is 1. The average molecular weight is 278 g/mol. The summed E-state index contributed by atoms with van der Waals surface area (Å²) in [6, 6.07) is 0. The van der Waals surface area contributed by atoms with Gasteiger partial charge in [-0.15, -0.1) is 0 Å². The molecule has 1 N–H and O–H groups in total. The Hall–Kier alpha value is -0.740. The number of hydrogen-bond donors (Lipinski definition) is 1. The minimum atomic E-state index is 0.0906.